The first-order chi connectivity index (χ1) is 6.10. The second-order valence-corrected chi connectivity index (χ2v) is 3.37. The van der Waals surface area contributed by atoms with E-state index in [1.54, 1.807) is 7.05 Å². The van der Waals surface area contributed by atoms with Gasteiger partial charge < -0.3 is 11.1 Å². The quantitative estimate of drug-likeness (QED) is 0.584. The molecule has 0 saturated carbocycles. The van der Waals surface area contributed by atoms with Crippen molar-refractivity contribution >= 4 is 23.1 Å². The lowest BCUT2D eigenvalue weighted by molar-refractivity contribution is -0.121. The fraction of sp³-hybridized carbons (Fsp3) is 0.750. The Kier molecular flexibility index (Phi) is 6.44. The first-order valence-electron chi connectivity index (χ1n) is 4.31. The molecule has 0 bridgehead atoms. The summed E-state index contributed by atoms with van der Waals surface area (Å²) in [5.41, 5.74) is 5.40. The average molecular weight is 203 g/mol. The van der Waals surface area contributed by atoms with Crippen molar-refractivity contribution in [3.8, 4) is 0 Å². The molecule has 0 saturated heterocycles. The number of carbonyl (C=O) groups excluding carboxylic acids is 1. The number of likely N-dealkylation sites (N-methyl/N-ethyl adjacent to an activating group) is 1. The topological polar surface area (TPSA) is 58.4 Å². The summed E-state index contributed by atoms with van der Waals surface area (Å²) in [5.74, 6) is -0.00954. The van der Waals surface area contributed by atoms with Gasteiger partial charge in [0.2, 0.25) is 5.91 Å². The number of nitrogens with one attached hydrogen (secondary N) is 1. The highest BCUT2D eigenvalue weighted by molar-refractivity contribution is 7.80. The molecule has 0 aromatic rings. The van der Waals surface area contributed by atoms with Gasteiger partial charge in [-0.15, -0.1) is 0 Å². The van der Waals surface area contributed by atoms with Crippen LogP contribution in [0.2, 0.25) is 0 Å². The lowest BCUT2D eigenvalue weighted by Crippen LogP contribution is -2.40. The lowest BCUT2D eigenvalue weighted by atomic mass is 10.4. The predicted octanol–water partition coefficient (Wildman–Crippen LogP) is -0.269. The van der Waals surface area contributed by atoms with Crippen LogP contribution in [0.25, 0.3) is 0 Å². The minimum absolute atomic E-state index is 0.00954. The van der Waals surface area contributed by atoms with Crippen molar-refractivity contribution in [3.63, 3.8) is 0 Å². The Morgan fingerprint density at radius 1 is 1.54 bits per heavy atom. The lowest BCUT2D eigenvalue weighted by Gasteiger charge is -2.19. The average Bonchev–Trinajstić information content (AvgIpc) is 2.03. The Hall–Kier alpha value is -0.680. The van der Waals surface area contributed by atoms with Crippen molar-refractivity contribution < 1.29 is 4.79 Å². The standard InChI is InChI=1S/C8H17N3OS/c1-3-4-11(5-7(9)13)6-8(12)10-2/h3-6H2,1-2H3,(H2,9,13)(H,10,12). The SMILES string of the molecule is CCCN(CC(=O)NC)CC(N)=S. The van der Waals surface area contributed by atoms with Crippen molar-refractivity contribution in [1.29, 1.82) is 0 Å². The first kappa shape index (κ1) is 12.3. The van der Waals surface area contributed by atoms with Crippen molar-refractivity contribution in [1.82, 2.24) is 10.2 Å². The van der Waals surface area contributed by atoms with E-state index in [9.17, 15) is 4.79 Å². The number of hydrogen-bond donors (Lipinski definition) is 2. The van der Waals surface area contributed by atoms with E-state index in [2.05, 4.69) is 12.2 Å². The Morgan fingerprint density at radius 3 is 2.54 bits per heavy atom. The second-order valence-electron chi connectivity index (χ2n) is 2.85. The van der Waals surface area contributed by atoms with Crippen LogP contribution in [0.5, 0.6) is 0 Å². The maximum absolute atomic E-state index is 11.0. The van der Waals surface area contributed by atoms with Gasteiger partial charge in [0.15, 0.2) is 0 Å². The molecule has 0 radical (unpaired) electrons. The number of nitrogens with two attached hydrogens (primary N) is 1. The van der Waals surface area contributed by atoms with Gasteiger partial charge >= 0.3 is 0 Å². The second kappa shape index (κ2) is 6.80. The third kappa shape index (κ3) is 6.48. The Labute approximate surface area is 84.5 Å². The van der Waals surface area contributed by atoms with Gasteiger partial charge in [-0.25, -0.2) is 0 Å². The summed E-state index contributed by atoms with van der Waals surface area (Å²) >= 11 is 4.78. The van der Waals surface area contributed by atoms with Crippen LogP contribution >= 0.6 is 12.2 Å². The highest BCUT2D eigenvalue weighted by atomic mass is 32.1. The Morgan fingerprint density at radius 2 is 2.15 bits per heavy atom. The fourth-order valence-corrected chi connectivity index (χ4v) is 1.22. The monoisotopic (exact) mass is 203 g/mol. The van der Waals surface area contributed by atoms with E-state index < -0.39 is 0 Å². The molecule has 0 rings (SSSR count). The maximum Gasteiger partial charge on any atom is 0.233 e. The summed E-state index contributed by atoms with van der Waals surface area (Å²) in [7, 11) is 1.62. The van der Waals surface area contributed by atoms with Crippen molar-refractivity contribution in [2.24, 2.45) is 5.73 Å². The molecule has 4 nitrogen and oxygen atoms in total. The van der Waals surface area contributed by atoms with Crippen LogP contribution in [-0.4, -0.2) is 42.5 Å². The molecular formula is C8H17N3OS. The van der Waals surface area contributed by atoms with Crippen molar-refractivity contribution in [3.05, 3.63) is 0 Å². The molecule has 0 aliphatic heterocycles. The molecule has 0 atom stereocenters. The molecule has 76 valence electrons. The van der Waals surface area contributed by atoms with Gasteiger partial charge in [0.1, 0.15) is 0 Å². The molecule has 5 heteroatoms. The summed E-state index contributed by atoms with van der Waals surface area (Å²) in [5, 5.41) is 2.56. The van der Waals surface area contributed by atoms with Gasteiger partial charge in [0, 0.05) is 13.6 Å². The van der Waals surface area contributed by atoms with Crippen molar-refractivity contribution in [2.45, 2.75) is 13.3 Å². The normalized spacial score (nSPS) is 10.1. The van der Waals surface area contributed by atoms with E-state index in [4.69, 9.17) is 18.0 Å². The van der Waals surface area contributed by atoms with E-state index >= 15 is 0 Å². The van der Waals surface area contributed by atoms with Gasteiger partial charge in [-0.1, -0.05) is 19.1 Å². The van der Waals surface area contributed by atoms with E-state index in [0.29, 0.717) is 18.1 Å². The molecule has 0 aromatic heterocycles. The third-order valence-electron chi connectivity index (χ3n) is 1.57. The minimum Gasteiger partial charge on any atom is -0.392 e. The number of carbonyl (C=O) groups is 1. The predicted molar refractivity (Wildman–Crippen MR) is 57.6 cm³/mol. The summed E-state index contributed by atoms with van der Waals surface area (Å²) in [6.45, 7) is 3.76. The summed E-state index contributed by atoms with van der Waals surface area (Å²) in [4.78, 5) is 13.4. The van der Waals surface area contributed by atoms with Crippen LogP contribution in [0.15, 0.2) is 0 Å². The number of nitrogens with zero attached hydrogens (tertiary/aromatic N) is 1. The number of thiocarbonyl (C=S) groups is 1. The molecular weight excluding hydrogens is 186 g/mol. The largest absolute Gasteiger partial charge is 0.392 e. The van der Waals surface area contributed by atoms with Crippen LogP contribution in [0, 0.1) is 0 Å². The number of amides is 1. The van der Waals surface area contributed by atoms with Gasteiger partial charge in [-0.05, 0) is 13.0 Å². The fourth-order valence-electron chi connectivity index (χ4n) is 1.03. The van der Waals surface area contributed by atoms with Crippen LogP contribution in [-0.2, 0) is 4.79 Å². The molecule has 1 amide bonds. The van der Waals surface area contributed by atoms with E-state index in [1.165, 1.54) is 0 Å². The van der Waals surface area contributed by atoms with Crippen LogP contribution < -0.4 is 11.1 Å². The molecule has 0 aromatic carbocycles. The summed E-state index contributed by atoms with van der Waals surface area (Å²) < 4.78 is 0. The van der Waals surface area contributed by atoms with E-state index in [-0.39, 0.29) is 5.91 Å². The third-order valence-corrected chi connectivity index (χ3v) is 1.69. The van der Waals surface area contributed by atoms with Gasteiger partial charge in [-0.3, -0.25) is 9.69 Å². The Balaban J connectivity index is 3.93. The minimum atomic E-state index is -0.00954. The maximum atomic E-state index is 11.0. The smallest absolute Gasteiger partial charge is 0.233 e. The van der Waals surface area contributed by atoms with E-state index in [1.807, 2.05) is 4.90 Å². The zero-order valence-corrected chi connectivity index (χ0v) is 8.99. The molecule has 0 aliphatic rings. The van der Waals surface area contributed by atoms with Crippen molar-refractivity contribution in [2.75, 3.05) is 26.7 Å². The van der Waals surface area contributed by atoms with Gasteiger partial charge in [0.05, 0.1) is 11.5 Å². The van der Waals surface area contributed by atoms with Crippen LogP contribution in [0.3, 0.4) is 0 Å². The number of hydrogen-bond acceptors (Lipinski definition) is 3. The summed E-state index contributed by atoms with van der Waals surface area (Å²) in [6, 6.07) is 0. The highest BCUT2D eigenvalue weighted by Crippen LogP contribution is 1.90. The molecule has 3 N–H and O–H groups in total. The molecule has 13 heavy (non-hydrogen) atoms. The van der Waals surface area contributed by atoms with Gasteiger partial charge in [-0.2, -0.15) is 0 Å². The molecule has 0 aliphatic carbocycles. The zero-order chi connectivity index (χ0) is 10.3. The summed E-state index contributed by atoms with van der Waals surface area (Å²) in [6.07, 6.45) is 0.986. The first-order valence-corrected chi connectivity index (χ1v) is 4.72. The molecule has 0 unspecified atom stereocenters. The van der Waals surface area contributed by atoms with E-state index in [0.717, 1.165) is 13.0 Å². The zero-order valence-electron chi connectivity index (χ0n) is 8.17. The van der Waals surface area contributed by atoms with Crippen LogP contribution in [0.4, 0.5) is 0 Å². The molecule has 0 heterocycles. The Bertz CT molecular complexity index is 184. The number of rotatable bonds is 6. The molecule has 0 spiro atoms. The highest BCUT2D eigenvalue weighted by Gasteiger charge is 2.08. The molecule has 0 fully saturated rings. The van der Waals surface area contributed by atoms with Gasteiger partial charge in [0.25, 0.3) is 0 Å². The van der Waals surface area contributed by atoms with Crippen LogP contribution in [0.1, 0.15) is 13.3 Å².